The zero-order chi connectivity index (χ0) is 16.4. The molecule has 0 bridgehead atoms. The highest BCUT2D eigenvalue weighted by Crippen LogP contribution is 2.27. The summed E-state index contributed by atoms with van der Waals surface area (Å²) in [7, 11) is 1.54. The van der Waals surface area contributed by atoms with Gasteiger partial charge in [-0.2, -0.15) is 0 Å². The van der Waals surface area contributed by atoms with E-state index in [4.69, 9.17) is 10.5 Å². The average molecular weight is 316 g/mol. The van der Waals surface area contributed by atoms with Crippen LogP contribution in [0.15, 0.2) is 24.4 Å². The zero-order valence-electron chi connectivity index (χ0n) is 12.9. The molecule has 1 aliphatic carbocycles. The van der Waals surface area contributed by atoms with E-state index < -0.39 is 6.10 Å². The van der Waals surface area contributed by atoms with Gasteiger partial charge in [-0.05, 0) is 31.4 Å². The highest BCUT2D eigenvalue weighted by molar-refractivity contribution is 6.00. The number of fused-ring (bicyclic) bond motifs is 1. The number of nitrogens with zero attached hydrogens (tertiary/aromatic N) is 2. The molecule has 3 atom stereocenters. The van der Waals surface area contributed by atoms with Crippen LogP contribution in [0.2, 0.25) is 0 Å². The Bertz CT molecular complexity index is 722. The lowest BCUT2D eigenvalue weighted by Gasteiger charge is -2.29. The van der Waals surface area contributed by atoms with Gasteiger partial charge in [-0.1, -0.05) is 0 Å². The van der Waals surface area contributed by atoms with Gasteiger partial charge in [0.2, 0.25) is 11.8 Å². The molecule has 23 heavy (non-hydrogen) atoms. The van der Waals surface area contributed by atoms with Crippen molar-refractivity contribution in [2.24, 2.45) is 11.7 Å². The Morgan fingerprint density at radius 1 is 1.39 bits per heavy atom. The number of nitrogens with one attached hydrogen (secondary N) is 1. The molecule has 1 fully saturated rings. The average Bonchev–Trinajstić information content (AvgIpc) is 2.57. The van der Waals surface area contributed by atoms with Gasteiger partial charge in [0.25, 0.3) is 0 Å². The van der Waals surface area contributed by atoms with Crippen LogP contribution in [0.5, 0.6) is 5.88 Å². The molecule has 1 aliphatic rings. The smallest absolute Gasteiger partial charge is 0.227 e. The third-order valence-corrected chi connectivity index (χ3v) is 4.26. The number of methoxy groups -OCH3 is 1. The number of anilines is 1. The van der Waals surface area contributed by atoms with E-state index in [1.807, 2.05) is 0 Å². The van der Waals surface area contributed by atoms with Gasteiger partial charge in [0.15, 0.2) is 0 Å². The van der Waals surface area contributed by atoms with Crippen LogP contribution in [0.4, 0.5) is 5.69 Å². The predicted molar refractivity (Wildman–Crippen MR) is 86.0 cm³/mol. The number of aliphatic hydroxyl groups excluding tert-OH is 1. The summed E-state index contributed by atoms with van der Waals surface area (Å²) in [5, 5.41) is 12.8. The second-order valence-electron chi connectivity index (χ2n) is 5.81. The highest BCUT2D eigenvalue weighted by Gasteiger charge is 2.31. The number of hydrogen-bond donors (Lipinski definition) is 3. The van der Waals surface area contributed by atoms with Gasteiger partial charge in [0.1, 0.15) is 5.52 Å². The predicted octanol–water partition coefficient (Wildman–Crippen LogP) is 1.07. The lowest BCUT2D eigenvalue weighted by molar-refractivity contribution is -0.122. The van der Waals surface area contributed by atoms with E-state index in [2.05, 4.69) is 15.3 Å². The van der Waals surface area contributed by atoms with Gasteiger partial charge in [-0.25, -0.2) is 4.98 Å². The van der Waals surface area contributed by atoms with E-state index in [0.29, 0.717) is 41.9 Å². The maximum atomic E-state index is 12.5. The second-order valence-corrected chi connectivity index (χ2v) is 5.81. The first-order valence-electron chi connectivity index (χ1n) is 7.62. The van der Waals surface area contributed by atoms with Crippen LogP contribution < -0.4 is 15.8 Å². The number of amides is 1. The molecule has 0 radical (unpaired) electrons. The first-order chi connectivity index (χ1) is 11.1. The normalized spacial score (nSPS) is 24.4. The van der Waals surface area contributed by atoms with Crippen LogP contribution in [0.25, 0.3) is 11.0 Å². The number of hydrogen-bond acceptors (Lipinski definition) is 6. The molecule has 3 rings (SSSR count). The van der Waals surface area contributed by atoms with Crippen molar-refractivity contribution in [3.8, 4) is 5.88 Å². The van der Waals surface area contributed by atoms with Crippen molar-refractivity contribution in [3.05, 3.63) is 24.4 Å². The Kier molecular flexibility index (Phi) is 4.40. The molecule has 0 unspecified atom stereocenters. The molecule has 2 aromatic rings. The highest BCUT2D eigenvalue weighted by atomic mass is 16.5. The van der Waals surface area contributed by atoms with E-state index in [1.54, 1.807) is 24.4 Å². The van der Waals surface area contributed by atoms with Crippen molar-refractivity contribution in [2.75, 3.05) is 12.4 Å². The van der Waals surface area contributed by atoms with Crippen LogP contribution >= 0.6 is 0 Å². The molecule has 7 heteroatoms. The Morgan fingerprint density at radius 2 is 2.22 bits per heavy atom. The van der Waals surface area contributed by atoms with Crippen molar-refractivity contribution < 1.29 is 14.6 Å². The first-order valence-corrected chi connectivity index (χ1v) is 7.62. The number of carbonyl (C=O) groups is 1. The van der Waals surface area contributed by atoms with Crippen molar-refractivity contribution in [1.82, 2.24) is 9.97 Å². The standard InChI is InChI=1S/C16H20N4O3/c1-23-14-5-4-11-15(20-14)12(6-7-18-11)19-16(22)9-2-3-10(17)13(21)8-9/h4-7,9-10,13,21H,2-3,8,17H2,1H3,(H,18,19,22)/t9-,10-,13-/m0/s1. The summed E-state index contributed by atoms with van der Waals surface area (Å²) in [6, 6.07) is 4.98. The van der Waals surface area contributed by atoms with Crippen molar-refractivity contribution >= 4 is 22.6 Å². The van der Waals surface area contributed by atoms with Crippen LogP contribution in [-0.4, -0.2) is 40.2 Å². The molecular weight excluding hydrogens is 296 g/mol. The Labute approximate surface area is 133 Å². The summed E-state index contributed by atoms with van der Waals surface area (Å²) in [4.78, 5) is 21.1. The molecule has 0 aromatic carbocycles. The molecule has 2 aromatic heterocycles. The van der Waals surface area contributed by atoms with E-state index in [0.717, 1.165) is 0 Å². The van der Waals surface area contributed by atoms with Gasteiger partial charge < -0.3 is 20.9 Å². The third-order valence-electron chi connectivity index (χ3n) is 4.26. The topological polar surface area (TPSA) is 110 Å². The van der Waals surface area contributed by atoms with Gasteiger partial charge in [-0.3, -0.25) is 9.78 Å². The molecule has 1 saturated carbocycles. The molecule has 0 spiro atoms. The molecule has 7 nitrogen and oxygen atoms in total. The van der Waals surface area contributed by atoms with Crippen molar-refractivity contribution in [2.45, 2.75) is 31.4 Å². The van der Waals surface area contributed by atoms with Crippen LogP contribution in [0.3, 0.4) is 0 Å². The number of rotatable bonds is 3. The molecule has 2 heterocycles. The SMILES string of the molecule is COc1ccc2nccc(NC(=O)[C@H]3CC[C@H](N)[C@@H](O)C3)c2n1. The van der Waals surface area contributed by atoms with Gasteiger partial charge in [0.05, 0.1) is 24.4 Å². The molecule has 0 saturated heterocycles. The number of aliphatic hydroxyl groups is 1. The summed E-state index contributed by atoms with van der Waals surface area (Å²) in [6.45, 7) is 0. The van der Waals surface area contributed by atoms with E-state index in [1.165, 1.54) is 7.11 Å². The van der Waals surface area contributed by atoms with Crippen LogP contribution in [0.1, 0.15) is 19.3 Å². The third kappa shape index (κ3) is 3.25. The minimum absolute atomic E-state index is 0.131. The monoisotopic (exact) mass is 316 g/mol. The number of ether oxygens (including phenoxy) is 1. The van der Waals surface area contributed by atoms with E-state index in [9.17, 15) is 9.90 Å². The molecular formula is C16H20N4O3. The summed E-state index contributed by atoms with van der Waals surface area (Å²) >= 11 is 0. The minimum Gasteiger partial charge on any atom is -0.481 e. The Hall–Kier alpha value is -2.25. The van der Waals surface area contributed by atoms with Crippen molar-refractivity contribution in [1.29, 1.82) is 0 Å². The molecule has 4 N–H and O–H groups in total. The maximum absolute atomic E-state index is 12.5. The second kappa shape index (κ2) is 6.47. The van der Waals surface area contributed by atoms with Gasteiger partial charge in [0, 0.05) is 24.2 Å². The lowest BCUT2D eigenvalue weighted by Crippen LogP contribution is -2.43. The summed E-state index contributed by atoms with van der Waals surface area (Å²) < 4.78 is 5.13. The lowest BCUT2D eigenvalue weighted by atomic mass is 9.84. The quantitative estimate of drug-likeness (QED) is 0.781. The largest absolute Gasteiger partial charge is 0.481 e. The number of nitrogens with two attached hydrogens (primary N) is 1. The number of pyridine rings is 2. The Balaban J connectivity index is 1.82. The fourth-order valence-corrected chi connectivity index (χ4v) is 2.86. The van der Waals surface area contributed by atoms with Gasteiger partial charge in [-0.15, -0.1) is 0 Å². The summed E-state index contributed by atoms with van der Waals surface area (Å²) in [5.41, 5.74) is 7.62. The molecule has 1 amide bonds. The fourth-order valence-electron chi connectivity index (χ4n) is 2.86. The van der Waals surface area contributed by atoms with Gasteiger partial charge >= 0.3 is 0 Å². The minimum atomic E-state index is -0.632. The summed E-state index contributed by atoms with van der Waals surface area (Å²) in [6.07, 6.45) is 2.68. The zero-order valence-corrected chi connectivity index (χ0v) is 12.9. The molecule has 122 valence electrons. The van der Waals surface area contributed by atoms with Crippen LogP contribution in [0, 0.1) is 5.92 Å². The number of aromatic nitrogens is 2. The fraction of sp³-hybridized carbons (Fsp3) is 0.438. The van der Waals surface area contributed by atoms with E-state index >= 15 is 0 Å². The molecule has 0 aliphatic heterocycles. The summed E-state index contributed by atoms with van der Waals surface area (Å²) in [5.74, 6) is 0.0757. The van der Waals surface area contributed by atoms with Crippen molar-refractivity contribution in [3.63, 3.8) is 0 Å². The first kappa shape index (κ1) is 15.6. The Morgan fingerprint density at radius 3 is 2.96 bits per heavy atom. The number of carbonyl (C=O) groups excluding carboxylic acids is 1. The maximum Gasteiger partial charge on any atom is 0.227 e. The van der Waals surface area contributed by atoms with E-state index in [-0.39, 0.29) is 17.9 Å². The van der Waals surface area contributed by atoms with Crippen LogP contribution in [-0.2, 0) is 4.79 Å².